The normalized spacial score (nSPS) is 17.1. The molecule has 1 aromatic heterocycles. The minimum absolute atomic E-state index is 0.131. The molecule has 1 aromatic carbocycles. The number of nitrogens with one attached hydrogen (secondary N) is 3. The van der Waals surface area contributed by atoms with Gasteiger partial charge in [-0.2, -0.15) is 0 Å². The summed E-state index contributed by atoms with van der Waals surface area (Å²) < 4.78 is 4.88. The van der Waals surface area contributed by atoms with Gasteiger partial charge in [-0.3, -0.25) is 14.4 Å². The Bertz CT molecular complexity index is 1000. The van der Waals surface area contributed by atoms with Crippen molar-refractivity contribution < 1.29 is 23.9 Å². The molecular weight excluding hydrogens is 436 g/mol. The van der Waals surface area contributed by atoms with Gasteiger partial charge in [-0.05, 0) is 31.4 Å². The fourth-order valence-electron chi connectivity index (χ4n) is 4.39. The number of benzene rings is 1. The minimum Gasteiger partial charge on any atom is -0.467 e. The van der Waals surface area contributed by atoms with E-state index in [0.717, 1.165) is 30.2 Å². The molecule has 3 atom stereocenters. The number of carbonyl (C=O) groups is 4. The van der Waals surface area contributed by atoms with Crippen molar-refractivity contribution in [3.8, 4) is 0 Å². The molecule has 0 unspecified atom stereocenters. The Morgan fingerprint density at radius 1 is 1.24 bits per heavy atom. The van der Waals surface area contributed by atoms with Crippen molar-refractivity contribution in [3.63, 3.8) is 0 Å². The molecule has 3 rings (SSSR count). The van der Waals surface area contributed by atoms with Gasteiger partial charge in [0.1, 0.15) is 17.8 Å². The highest BCUT2D eigenvalue weighted by Crippen LogP contribution is 2.20. The van der Waals surface area contributed by atoms with E-state index >= 15 is 0 Å². The van der Waals surface area contributed by atoms with E-state index in [1.165, 1.54) is 12.0 Å². The van der Waals surface area contributed by atoms with Gasteiger partial charge in [0.25, 0.3) is 5.91 Å². The van der Waals surface area contributed by atoms with Gasteiger partial charge in [-0.1, -0.05) is 44.4 Å². The third-order valence-corrected chi connectivity index (χ3v) is 6.42. The Balaban J connectivity index is 1.77. The lowest BCUT2D eigenvalue weighted by molar-refractivity contribution is -0.146. The summed E-state index contributed by atoms with van der Waals surface area (Å²) in [5.41, 5.74) is 1.23. The number of unbranched alkanes of at least 4 members (excludes halogenated alkanes) is 2. The minimum atomic E-state index is -0.961. The molecule has 0 radical (unpaired) electrons. The highest BCUT2D eigenvalue weighted by atomic mass is 16.5. The van der Waals surface area contributed by atoms with Crippen LogP contribution >= 0.6 is 0 Å². The Morgan fingerprint density at radius 3 is 2.65 bits per heavy atom. The van der Waals surface area contributed by atoms with Crippen molar-refractivity contribution in [3.05, 3.63) is 36.0 Å². The number of amides is 3. The first-order chi connectivity index (χ1) is 16.3. The van der Waals surface area contributed by atoms with Gasteiger partial charge in [0.15, 0.2) is 0 Å². The van der Waals surface area contributed by atoms with Crippen LogP contribution < -0.4 is 10.6 Å². The van der Waals surface area contributed by atoms with Gasteiger partial charge in [0.2, 0.25) is 11.8 Å². The number of likely N-dealkylation sites (N-methyl/N-ethyl adjacent to an activating group) is 1. The molecule has 34 heavy (non-hydrogen) atoms. The Kier molecular flexibility index (Phi) is 8.67. The van der Waals surface area contributed by atoms with Crippen LogP contribution in [0.4, 0.5) is 0 Å². The Hall–Kier alpha value is -3.36. The maximum atomic E-state index is 13.3. The smallest absolute Gasteiger partial charge is 0.328 e. The summed E-state index contributed by atoms with van der Waals surface area (Å²) in [4.78, 5) is 55.6. The first-order valence-electron chi connectivity index (χ1n) is 11.9. The fourth-order valence-corrected chi connectivity index (χ4v) is 4.39. The van der Waals surface area contributed by atoms with Gasteiger partial charge < -0.3 is 25.3 Å². The third kappa shape index (κ3) is 5.95. The van der Waals surface area contributed by atoms with Crippen LogP contribution in [0.5, 0.6) is 0 Å². The molecular formula is C25H34N4O5. The maximum absolute atomic E-state index is 13.3. The molecule has 1 aliphatic heterocycles. The Morgan fingerprint density at radius 2 is 2.00 bits per heavy atom. The number of rotatable bonds is 11. The van der Waals surface area contributed by atoms with Crippen LogP contribution in [0.3, 0.4) is 0 Å². The maximum Gasteiger partial charge on any atom is 0.328 e. The first-order valence-corrected chi connectivity index (χ1v) is 11.9. The van der Waals surface area contributed by atoms with E-state index < -0.39 is 24.0 Å². The molecule has 184 valence electrons. The number of ether oxygens (including phenoxy) is 1. The van der Waals surface area contributed by atoms with Crippen LogP contribution in [0.15, 0.2) is 30.3 Å². The SMILES string of the molecule is CCCCC[C@@H](C(=O)N[C@@H](C[C@@H]1CCNC1=O)C(=O)OC)N(C)C(=O)c1cc2ccccc2[nH]1. The molecule has 0 aliphatic carbocycles. The van der Waals surface area contributed by atoms with Gasteiger partial charge in [0, 0.05) is 30.4 Å². The number of nitrogens with zero attached hydrogens (tertiary/aromatic N) is 1. The Labute approximate surface area is 199 Å². The van der Waals surface area contributed by atoms with Crippen molar-refractivity contribution >= 4 is 34.6 Å². The van der Waals surface area contributed by atoms with Crippen molar-refractivity contribution in [2.75, 3.05) is 20.7 Å². The predicted octanol–water partition coefficient (Wildman–Crippen LogP) is 2.37. The molecule has 9 nitrogen and oxygen atoms in total. The molecule has 0 saturated carbocycles. The number of para-hydroxylation sites is 1. The van der Waals surface area contributed by atoms with E-state index in [4.69, 9.17) is 4.74 Å². The quantitative estimate of drug-likeness (QED) is 0.344. The average molecular weight is 471 g/mol. The van der Waals surface area contributed by atoms with Crippen molar-refractivity contribution in [2.45, 2.75) is 57.5 Å². The monoisotopic (exact) mass is 470 g/mol. The topological polar surface area (TPSA) is 121 Å². The average Bonchev–Trinajstić information content (AvgIpc) is 3.45. The molecule has 0 spiro atoms. The summed E-state index contributed by atoms with van der Waals surface area (Å²) in [6.45, 7) is 2.61. The van der Waals surface area contributed by atoms with E-state index in [-0.39, 0.29) is 24.2 Å². The van der Waals surface area contributed by atoms with Crippen LogP contribution in [0.25, 0.3) is 10.9 Å². The van der Waals surface area contributed by atoms with E-state index in [1.807, 2.05) is 24.3 Å². The van der Waals surface area contributed by atoms with Crippen LogP contribution in [0.2, 0.25) is 0 Å². The predicted molar refractivity (Wildman–Crippen MR) is 128 cm³/mol. The fraction of sp³-hybridized carbons (Fsp3) is 0.520. The summed E-state index contributed by atoms with van der Waals surface area (Å²) in [7, 11) is 2.85. The zero-order valence-corrected chi connectivity index (χ0v) is 20.1. The molecule has 2 heterocycles. The lowest BCUT2D eigenvalue weighted by Crippen LogP contribution is -2.53. The van der Waals surface area contributed by atoms with Gasteiger partial charge in [0.05, 0.1) is 7.11 Å². The summed E-state index contributed by atoms with van der Waals surface area (Å²) in [5.74, 6) is -1.85. The van der Waals surface area contributed by atoms with E-state index in [2.05, 4.69) is 22.5 Å². The van der Waals surface area contributed by atoms with Crippen LogP contribution in [0, 0.1) is 5.92 Å². The van der Waals surface area contributed by atoms with E-state index in [9.17, 15) is 19.2 Å². The number of carbonyl (C=O) groups excluding carboxylic acids is 4. The second-order valence-electron chi connectivity index (χ2n) is 8.79. The molecule has 1 saturated heterocycles. The van der Waals surface area contributed by atoms with E-state index in [1.54, 1.807) is 13.1 Å². The number of aromatic nitrogens is 1. The molecule has 0 bridgehead atoms. The van der Waals surface area contributed by atoms with Crippen molar-refractivity contribution in [1.29, 1.82) is 0 Å². The van der Waals surface area contributed by atoms with Crippen molar-refractivity contribution in [2.24, 2.45) is 5.92 Å². The number of methoxy groups -OCH3 is 1. The van der Waals surface area contributed by atoms with Crippen LogP contribution in [-0.2, 0) is 19.1 Å². The summed E-state index contributed by atoms with van der Waals surface area (Å²) in [5, 5.41) is 6.41. The molecule has 3 N–H and O–H groups in total. The summed E-state index contributed by atoms with van der Waals surface area (Å²) >= 11 is 0. The zero-order chi connectivity index (χ0) is 24.7. The molecule has 2 aromatic rings. The second-order valence-corrected chi connectivity index (χ2v) is 8.79. The molecule has 1 fully saturated rings. The van der Waals surface area contributed by atoms with Crippen molar-refractivity contribution in [1.82, 2.24) is 20.5 Å². The summed E-state index contributed by atoms with van der Waals surface area (Å²) in [6, 6.07) is 7.62. The first kappa shape index (κ1) is 25.3. The largest absolute Gasteiger partial charge is 0.467 e. The van der Waals surface area contributed by atoms with Gasteiger partial charge in [-0.15, -0.1) is 0 Å². The zero-order valence-electron chi connectivity index (χ0n) is 20.1. The second kappa shape index (κ2) is 11.7. The number of esters is 1. The van der Waals surface area contributed by atoms with Gasteiger partial charge in [-0.25, -0.2) is 4.79 Å². The number of aromatic amines is 1. The molecule has 9 heteroatoms. The highest BCUT2D eigenvalue weighted by molar-refractivity contribution is 6.00. The lowest BCUT2D eigenvalue weighted by Gasteiger charge is -2.29. The van der Waals surface area contributed by atoms with Gasteiger partial charge >= 0.3 is 5.97 Å². The summed E-state index contributed by atoms with van der Waals surface area (Å²) in [6.07, 6.45) is 3.86. The number of hydrogen-bond donors (Lipinski definition) is 3. The third-order valence-electron chi connectivity index (χ3n) is 6.42. The molecule has 3 amide bonds. The van der Waals surface area contributed by atoms with Crippen LogP contribution in [-0.4, -0.2) is 66.4 Å². The highest BCUT2D eigenvalue weighted by Gasteiger charge is 2.35. The van der Waals surface area contributed by atoms with Crippen LogP contribution in [0.1, 0.15) is 55.9 Å². The number of fused-ring (bicyclic) bond motifs is 1. The lowest BCUT2D eigenvalue weighted by atomic mass is 9.97. The number of H-pyrrole nitrogens is 1. The van der Waals surface area contributed by atoms with E-state index in [0.29, 0.717) is 25.1 Å². The standard InChI is InChI=1S/C25H34N4O5/c1-4-5-6-11-21(29(2)24(32)19-14-16-9-7-8-10-18(16)27-19)23(31)28-20(25(33)34-3)15-17-12-13-26-22(17)30/h7-10,14,17,20-21,27H,4-6,11-13,15H2,1-3H3,(H,26,30)(H,28,31)/t17-,20-,21-/m0/s1. The molecule has 1 aliphatic rings. The number of hydrogen-bond acceptors (Lipinski definition) is 5.